The number of benzene rings is 1. The second-order valence-corrected chi connectivity index (χ2v) is 9.70. The number of fused-ring (bicyclic) bond motifs is 1. The smallest absolute Gasteiger partial charge is 0.289 e. The van der Waals surface area contributed by atoms with E-state index in [0.29, 0.717) is 27.9 Å². The number of carbonyl (C=O) groups excluding carboxylic acids is 2. The molecule has 1 aromatic carbocycles. The molecule has 2 unspecified atom stereocenters. The third kappa shape index (κ3) is 5.43. The Morgan fingerprint density at radius 1 is 1.34 bits per heavy atom. The highest BCUT2D eigenvalue weighted by Crippen LogP contribution is 2.36. The summed E-state index contributed by atoms with van der Waals surface area (Å²) in [5.74, 6) is 0.0878. The minimum Gasteiger partial charge on any atom is -0.587 e. The van der Waals surface area contributed by atoms with E-state index in [0.717, 1.165) is 6.42 Å². The van der Waals surface area contributed by atoms with Gasteiger partial charge in [-0.05, 0) is 31.9 Å². The molecule has 0 saturated carbocycles. The minimum atomic E-state index is -1.68. The molecule has 186 valence electrons. The van der Waals surface area contributed by atoms with Crippen LogP contribution in [0.1, 0.15) is 44.0 Å². The number of hydrogen-bond acceptors (Lipinski definition) is 8. The maximum atomic E-state index is 12.7. The van der Waals surface area contributed by atoms with E-state index in [1.165, 1.54) is 18.7 Å². The van der Waals surface area contributed by atoms with Crippen molar-refractivity contribution in [1.29, 1.82) is 0 Å². The summed E-state index contributed by atoms with van der Waals surface area (Å²) < 4.78 is 27.5. The second-order valence-electron chi connectivity index (χ2n) is 8.54. The topological polar surface area (TPSA) is 167 Å². The summed E-state index contributed by atoms with van der Waals surface area (Å²) in [4.78, 5) is 35.3. The summed E-state index contributed by atoms with van der Waals surface area (Å²) in [6, 6.07) is 3.08. The molecule has 1 aliphatic rings. The largest absolute Gasteiger partial charge is 0.587 e. The van der Waals surface area contributed by atoms with E-state index >= 15 is 0 Å². The van der Waals surface area contributed by atoms with Gasteiger partial charge in [-0.25, -0.2) is 4.98 Å². The number of nitrogens with one attached hydrogen (secondary N) is 3. The van der Waals surface area contributed by atoms with Crippen LogP contribution < -0.4 is 25.2 Å². The predicted octanol–water partition coefficient (Wildman–Crippen LogP) is 2.27. The van der Waals surface area contributed by atoms with E-state index < -0.39 is 17.3 Å². The normalized spacial score (nSPS) is 18.5. The van der Waals surface area contributed by atoms with Crippen LogP contribution in [0.15, 0.2) is 35.9 Å². The lowest BCUT2D eigenvalue weighted by Gasteiger charge is -2.20. The van der Waals surface area contributed by atoms with Gasteiger partial charge in [-0.15, -0.1) is 0 Å². The quantitative estimate of drug-likeness (QED) is 0.308. The van der Waals surface area contributed by atoms with Crippen LogP contribution in [-0.4, -0.2) is 50.1 Å². The maximum Gasteiger partial charge on any atom is 0.289 e. The van der Waals surface area contributed by atoms with Crippen molar-refractivity contribution in [2.75, 3.05) is 11.3 Å². The lowest BCUT2D eigenvalue weighted by Crippen LogP contribution is -2.34. The maximum absolute atomic E-state index is 12.7. The van der Waals surface area contributed by atoms with Gasteiger partial charge >= 0.3 is 0 Å². The number of rotatable bonds is 10. The molecule has 0 aliphatic carbocycles. The van der Waals surface area contributed by atoms with Crippen LogP contribution in [0.25, 0.3) is 10.8 Å². The monoisotopic (exact) mass is 500 g/mol. The summed E-state index contributed by atoms with van der Waals surface area (Å²) in [6.07, 6.45) is 5.51. The molecule has 1 aliphatic heterocycles. The van der Waals surface area contributed by atoms with Gasteiger partial charge in [0.15, 0.2) is 0 Å². The molecular weight excluding hydrogens is 472 g/mol. The Balaban J connectivity index is 1.74. The highest BCUT2D eigenvalue weighted by molar-refractivity contribution is 7.92. The number of aromatic nitrogens is 3. The van der Waals surface area contributed by atoms with Crippen LogP contribution in [0.3, 0.4) is 0 Å². The zero-order valence-electron chi connectivity index (χ0n) is 19.7. The molecule has 5 N–H and O–H groups in total. The fourth-order valence-corrected chi connectivity index (χ4v) is 4.81. The summed E-state index contributed by atoms with van der Waals surface area (Å²) in [5, 5.41) is 4.30. The summed E-state index contributed by atoms with van der Waals surface area (Å²) in [5.41, 5.74) is 6.20. The molecule has 4 rings (SSSR count). The zero-order chi connectivity index (χ0) is 25.1. The van der Waals surface area contributed by atoms with E-state index in [-0.39, 0.29) is 47.8 Å². The van der Waals surface area contributed by atoms with Crippen molar-refractivity contribution in [3.8, 4) is 11.6 Å². The van der Waals surface area contributed by atoms with E-state index in [1.807, 2.05) is 20.8 Å². The Labute approximate surface area is 205 Å². The first-order chi connectivity index (χ1) is 16.8. The fourth-order valence-electron chi connectivity index (χ4n) is 4.02. The number of hydrogen-bond donors (Lipinski definition) is 4. The summed E-state index contributed by atoms with van der Waals surface area (Å²) in [6.45, 7) is 5.94. The van der Waals surface area contributed by atoms with Gasteiger partial charge in [-0.2, -0.15) is 9.71 Å². The first kappa shape index (κ1) is 24.6. The standard InChI is InChI=1S/C23H28N6O5S/c1-4-13-5-20(30)28-18(13)10-33-23-15-7-19(34-12(2)3)16(22(24)31)6-14(15)17(8-26-23)29-35(32)21-9-25-11-27-21/h6-9,11-13,18,29H,4-5,10H2,1-3H3,(H2,24,31)(H,25,27)(H,28,30)/t13-,18?,35?/m1/s1. The third-order valence-electron chi connectivity index (χ3n) is 5.73. The number of nitrogens with zero attached hydrogens (tertiary/aromatic N) is 2. The molecule has 2 aromatic heterocycles. The van der Waals surface area contributed by atoms with Gasteiger partial charge in [-0.1, -0.05) is 13.3 Å². The van der Waals surface area contributed by atoms with Gasteiger partial charge in [0, 0.05) is 17.2 Å². The van der Waals surface area contributed by atoms with Gasteiger partial charge in [0.25, 0.3) is 10.9 Å². The van der Waals surface area contributed by atoms with Crippen LogP contribution in [-0.2, 0) is 16.2 Å². The zero-order valence-corrected chi connectivity index (χ0v) is 20.5. The third-order valence-corrected chi connectivity index (χ3v) is 6.74. The summed E-state index contributed by atoms with van der Waals surface area (Å²) >= 11 is -1.68. The number of aromatic amines is 1. The summed E-state index contributed by atoms with van der Waals surface area (Å²) in [7, 11) is 0. The number of pyridine rings is 1. The molecule has 35 heavy (non-hydrogen) atoms. The SMILES string of the molecule is CC[C@@H]1CC(=O)NC1COc1ncc(N[S+]([O-])c2c[nH]cn2)c2cc(C(N)=O)c(OC(C)C)cc12. The average Bonchev–Trinajstić information content (AvgIpc) is 3.47. The Hall–Kier alpha value is -3.51. The highest BCUT2D eigenvalue weighted by Gasteiger charge is 2.32. The first-order valence-corrected chi connectivity index (χ1v) is 12.4. The second kappa shape index (κ2) is 10.4. The Morgan fingerprint density at radius 2 is 2.14 bits per heavy atom. The lowest BCUT2D eigenvalue weighted by molar-refractivity contribution is -0.119. The van der Waals surface area contributed by atoms with Gasteiger partial charge in [0.1, 0.15) is 29.4 Å². The number of anilines is 1. The number of ether oxygens (including phenoxy) is 2. The van der Waals surface area contributed by atoms with E-state index in [9.17, 15) is 14.1 Å². The fraction of sp³-hybridized carbons (Fsp3) is 0.391. The van der Waals surface area contributed by atoms with Gasteiger partial charge < -0.3 is 30.1 Å². The molecule has 0 radical (unpaired) electrons. The molecule has 11 nitrogen and oxygen atoms in total. The van der Waals surface area contributed by atoms with Crippen LogP contribution >= 0.6 is 0 Å². The van der Waals surface area contributed by atoms with Gasteiger partial charge in [0.2, 0.25) is 11.8 Å². The average molecular weight is 501 g/mol. The van der Waals surface area contributed by atoms with Crippen molar-refractivity contribution in [2.45, 2.75) is 50.8 Å². The molecule has 12 heteroatoms. The number of nitrogens with two attached hydrogens (primary N) is 1. The Kier molecular flexibility index (Phi) is 7.31. The molecule has 0 bridgehead atoms. The molecule has 3 aromatic rings. The number of carbonyl (C=O) groups is 2. The highest BCUT2D eigenvalue weighted by atomic mass is 32.2. The predicted molar refractivity (Wildman–Crippen MR) is 130 cm³/mol. The molecule has 1 fully saturated rings. The molecular formula is C23H28N6O5S. The first-order valence-electron chi connectivity index (χ1n) is 11.3. The van der Waals surface area contributed by atoms with Crippen molar-refractivity contribution >= 4 is 39.6 Å². The van der Waals surface area contributed by atoms with E-state index in [2.05, 4.69) is 25.0 Å². The van der Waals surface area contributed by atoms with Crippen molar-refractivity contribution in [3.05, 3.63) is 36.4 Å². The van der Waals surface area contributed by atoms with Crippen molar-refractivity contribution in [3.63, 3.8) is 0 Å². The van der Waals surface area contributed by atoms with Crippen LogP contribution in [0.4, 0.5) is 5.69 Å². The number of amides is 2. The Bertz CT molecular complexity index is 1220. The number of imidazole rings is 1. The van der Waals surface area contributed by atoms with Crippen molar-refractivity contribution in [2.24, 2.45) is 11.7 Å². The van der Waals surface area contributed by atoms with Gasteiger partial charge in [0.05, 0.1) is 36.4 Å². The number of H-pyrrole nitrogens is 1. The van der Waals surface area contributed by atoms with E-state index in [4.69, 9.17) is 15.2 Å². The van der Waals surface area contributed by atoms with Crippen LogP contribution in [0, 0.1) is 5.92 Å². The Morgan fingerprint density at radius 3 is 2.80 bits per heavy atom. The van der Waals surface area contributed by atoms with E-state index in [1.54, 1.807) is 12.1 Å². The molecule has 3 atom stereocenters. The molecule has 1 saturated heterocycles. The number of primary amides is 1. The molecule has 0 spiro atoms. The molecule has 2 amide bonds. The molecule has 3 heterocycles. The van der Waals surface area contributed by atoms with Crippen molar-refractivity contribution in [1.82, 2.24) is 20.3 Å². The van der Waals surface area contributed by atoms with Crippen molar-refractivity contribution < 1.29 is 23.6 Å². The van der Waals surface area contributed by atoms with Crippen LogP contribution in [0.5, 0.6) is 11.6 Å². The lowest BCUT2D eigenvalue weighted by atomic mass is 9.98. The van der Waals surface area contributed by atoms with Crippen LogP contribution in [0.2, 0.25) is 0 Å². The van der Waals surface area contributed by atoms with Gasteiger partial charge in [-0.3, -0.25) is 9.59 Å². The minimum absolute atomic E-state index is 0.00220.